The molecule has 4 rings (SSSR count). The summed E-state index contributed by atoms with van der Waals surface area (Å²) in [7, 11) is 1.64. The fraction of sp³-hybridized carbons (Fsp3) is 0.125. The molecule has 2 heterocycles. The van der Waals surface area contributed by atoms with Crippen molar-refractivity contribution in [2.75, 3.05) is 19.0 Å². The number of anilines is 2. The molecular weight excluding hydrogens is 376 g/mol. The summed E-state index contributed by atoms with van der Waals surface area (Å²) in [6, 6.07) is 19.5. The van der Waals surface area contributed by atoms with Crippen molar-refractivity contribution in [2.45, 2.75) is 6.42 Å². The van der Waals surface area contributed by atoms with Crippen molar-refractivity contribution < 1.29 is 9.53 Å². The quantitative estimate of drug-likeness (QED) is 0.484. The van der Waals surface area contributed by atoms with E-state index in [0.717, 1.165) is 40.0 Å². The van der Waals surface area contributed by atoms with Crippen molar-refractivity contribution in [1.29, 1.82) is 0 Å². The molecule has 2 aromatic heterocycles. The van der Waals surface area contributed by atoms with Crippen LogP contribution in [-0.4, -0.2) is 29.5 Å². The molecule has 0 radical (unpaired) electrons. The smallest absolute Gasteiger partial charge is 0.252 e. The van der Waals surface area contributed by atoms with Crippen molar-refractivity contribution in [3.05, 3.63) is 90.4 Å². The molecule has 6 heteroatoms. The summed E-state index contributed by atoms with van der Waals surface area (Å²) in [4.78, 5) is 21.2. The minimum absolute atomic E-state index is 0.162. The van der Waals surface area contributed by atoms with Gasteiger partial charge in [-0.15, -0.1) is 0 Å². The lowest BCUT2D eigenvalue weighted by molar-refractivity contribution is 0.0954. The van der Waals surface area contributed by atoms with Crippen molar-refractivity contribution in [1.82, 2.24) is 15.3 Å². The molecule has 6 nitrogen and oxygen atoms in total. The largest absolute Gasteiger partial charge is 0.497 e. The summed E-state index contributed by atoms with van der Waals surface area (Å²) in [5, 5.41) is 7.31. The maximum Gasteiger partial charge on any atom is 0.252 e. The number of amides is 1. The first-order valence-corrected chi connectivity index (χ1v) is 9.70. The highest BCUT2D eigenvalue weighted by Gasteiger charge is 2.08. The van der Waals surface area contributed by atoms with Gasteiger partial charge in [-0.2, -0.15) is 0 Å². The van der Waals surface area contributed by atoms with Gasteiger partial charge in [0, 0.05) is 24.3 Å². The van der Waals surface area contributed by atoms with Gasteiger partial charge in [-0.25, -0.2) is 0 Å². The molecule has 0 fully saturated rings. The van der Waals surface area contributed by atoms with Crippen LogP contribution in [-0.2, 0) is 6.42 Å². The number of methoxy groups -OCH3 is 1. The SMILES string of the molecule is COc1cccc(CCNC(=O)c2cncc(Nc3cccc4cccnc34)c2)c1. The zero-order chi connectivity index (χ0) is 20.8. The van der Waals surface area contributed by atoms with Crippen LogP contribution < -0.4 is 15.4 Å². The summed E-state index contributed by atoms with van der Waals surface area (Å²) >= 11 is 0. The normalized spacial score (nSPS) is 10.6. The third-order valence-electron chi connectivity index (χ3n) is 4.75. The van der Waals surface area contributed by atoms with E-state index in [4.69, 9.17) is 4.74 Å². The van der Waals surface area contributed by atoms with Crippen molar-refractivity contribution >= 4 is 28.2 Å². The Morgan fingerprint density at radius 3 is 2.80 bits per heavy atom. The van der Waals surface area contributed by atoms with Crippen LogP contribution >= 0.6 is 0 Å². The highest BCUT2D eigenvalue weighted by Crippen LogP contribution is 2.24. The second kappa shape index (κ2) is 9.05. The number of carbonyl (C=O) groups excluding carboxylic acids is 1. The van der Waals surface area contributed by atoms with Crippen LogP contribution in [0.15, 0.2) is 79.3 Å². The van der Waals surface area contributed by atoms with E-state index in [1.807, 2.05) is 54.6 Å². The Morgan fingerprint density at radius 1 is 1.03 bits per heavy atom. The van der Waals surface area contributed by atoms with E-state index in [2.05, 4.69) is 20.6 Å². The van der Waals surface area contributed by atoms with Gasteiger partial charge in [-0.1, -0.05) is 30.3 Å². The Labute approximate surface area is 175 Å². The monoisotopic (exact) mass is 398 g/mol. The van der Waals surface area contributed by atoms with E-state index in [1.165, 1.54) is 0 Å². The number of ether oxygens (including phenoxy) is 1. The number of nitrogens with one attached hydrogen (secondary N) is 2. The predicted molar refractivity (Wildman–Crippen MR) is 118 cm³/mol. The number of hydrogen-bond donors (Lipinski definition) is 2. The molecule has 150 valence electrons. The fourth-order valence-electron chi connectivity index (χ4n) is 3.24. The summed E-state index contributed by atoms with van der Waals surface area (Å²) < 4.78 is 5.23. The first kappa shape index (κ1) is 19.4. The van der Waals surface area contributed by atoms with Crippen molar-refractivity contribution in [3.8, 4) is 5.75 Å². The number of hydrogen-bond acceptors (Lipinski definition) is 5. The lowest BCUT2D eigenvalue weighted by atomic mass is 10.1. The van der Waals surface area contributed by atoms with Gasteiger partial charge in [0.25, 0.3) is 5.91 Å². The molecular formula is C24H22N4O2. The number of benzene rings is 2. The first-order chi connectivity index (χ1) is 14.7. The number of pyridine rings is 2. The molecule has 0 aliphatic heterocycles. The highest BCUT2D eigenvalue weighted by molar-refractivity contribution is 5.96. The third-order valence-corrected chi connectivity index (χ3v) is 4.75. The van der Waals surface area contributed by atoms with Gasteiger partial charge < -0.3 is 15.4 Å². The predicted octanol–water partition coefficient (Wildman–Crippen LogP) is 4.35. The van der Waals surface area contributed by atoms with Crippen molar-refractivity contribution in [3.63, 3.8) is 0 Å². The van der Waals surface area contributed by atoms with Gasteiger partial charge in [0.1, 0.15) is 5.75 Å². The fourth-order valence-corrected chi connectivity index (χ4v) is 3.24. The van der Waals surface area contributed by atoms with Crippen LogP contribution in [0.4, 0.5) is 11.4 Å². The summed E-state index contributed by atoms with van der Waals surface area (Å²) in [5.74, 6) is 0.648. The molecule has 0 aliphatic rings. The van der Waals surface area contributed by atoms with E-state index in [-0.39, 0.29) is 5.91 Å². The molecule has 0 saturated heterocycles. The average molecular weight is 398 g/mol. The van der Waals surface area contributed by atoms with Crippen molar-refractivity contribution in [2.24, 2.45) is 0 Å². The molecule has 30 heavy (non-hydrogen) atoms. The minimum Gasteiger partial charge on any atom is -0.497 e. The molecule has 0 atom stereocenters. The zero-order valence-corrected chi connectivity index (χ0v) is 16.6. The first-order valence-electron chi connectivity index (χ1n) is 9.70. The van der Waals surface area contributed by atoms with Crippen LogP contribution in [0.5, 0.6) is 5.75 Å². The molecule has 2 N–H and O–H groups in total. The maximum absolute atomic E-state index is 12.6. The molecule has 1 amide bonds. The summed E-state index contributed by atoms with van der Waals surface area (Å²) in [6.45, 7) is 0.525. The van der Waals surface area contributed by atoms with Crippen LogP contribution in [0.3, 0.4) is 0 Å². The zero-order valence-electron chi connectivity index (χ0n) is 16.6. The van der Waals surface area contributed by atoms with Gasteiger partial charge in [0.15, 0.2) is 0 Å². The molecule has 0 saturated carbocycles. The molecule has 2 aromatic carbocycles. The van der Waals surface area contributed by atoms with E-state index in [0.29, 0.717) is 12.1 Å². The standard InChI is InChI=1S/C24H22N4O2/c1-30-21-8-2-5-17(13-21)10-12-27-24(29)19-14-20(16-25-15-19)28-22-9-3-6-18-7-4-11-26-23(18)22/h2-9,11,13-16,28H,10,12H2,1H3,(H,27,29). The maximum atomic E-state index is 12.6. The number of carbonyl (C=O) groups is 1. The average Bonchev–Trinajstić information content (AvgIpc) is 2.79. The number of fused-ring (bicyclic) bond motifs is 1. The molecule has 0 spiro atoms. The van der Waals surface area contributed by atoms with E-state index >= 15 is 0 Å². The van der Waals surface area contributed by atoms with Crippen LogP contribution in [0.1, 0.15) is 15.9 Å². The van der Waals surface area contributed by atoms with Crippen LogP contribution in [0, 0.1) is 0 Å². The number of aromatic nitrogens is 2. The Kier molecular flexibility index (Phi) is 5.85. The molecule has 0 unspecified atom stereocenters. The third kappa shape index (κ3) is 4.55. The van der Waals surface area contributed by atoms with Gasteiger partial charge in [0.2, 0.25) is 0 Å². The molecule has 4 aromatic rings. The second-order valence-electron chi connectivity index (χ2n) is 6.83. The lowest BCUT2D eigenvalue weighted by Crippen LogP contribution is -2.25. The van der Waals surface area contributed by atoms with Gasteiger partial charge in [0.05, 0.1) is 35.8 Å². The molecule has 0 aliphatic carbocycles. The second-order valence-corrected chi connectivity index (χ2v) is 6.83. The minimum atomic E-state index is -0.162. The Hall–Kier alpha value is -3.93. The highest BCUT2D eigenvalue weighted by atomic mass is 16.5. The lowest BCUT2D eigenvalue weighted by Gasteiger charge is -2.10. The van der Waals surface area contributed by atoms with E-state index < -0.39 is 0 Å². The number of nitrogens with zero attached hydrogens (tertiary/aromatic N) is 2. The Balaban J connectivity index is 1.41. The van der Waals surface area contributed by atoms with Gasteiger partial charge in [-0.3, -0.25) is 14.8 Å². The summed E-state index contributed by atoms with van der Waals surface area (Å²) in [5.41, 5.74) is 4.07. The van der Waals surface area contributed by atoms with Gasteiger partial charge in [-0.05, 0) is 42.3 Å². The Morgan fingerprint density at radius 2 is 1.90 bits per heavy atom. The number of para-hydroxylation sites is 1. The Bertz CT molecular complexity index is 1170. The van der Waals surface area contributed by atoms with Crippen LogP contribution in [0.25, 0.3) is 10.9 Å². The molecule has 0 bridgehead atoms. The summed E-state index contributed by atoms with van der Waals surface area (Å²) in [6.07, 6.45) is 5.73. The van der Waals surface area contributed by atoms with E-state index in [9.17, 15) is 4.79 Å². The van der Waals surface area contributed by atoms with E-state index in [1.54, 1.807) is 31.8 Å². The topological polar surface area (TPSA) is 76.1 Å². The van der Waals surface area contributed by atoms with Crippen LogP contribution in [0.2, 0.25) is 0 Å². The number of rotatable bonds is 7. The van der Waals surface area contributed by atoms with Gasteiger partial charge >= 0.3 is 0 Å².